The molecule has 3 aliphatic heterocycles. The van der Waals surface area contributed by atoms with Crippen LogP contribution < -0.4 is 11.1 Å². The lowest BCUT2D eigenvalue weighted by Crippen LogP contribution is -2.81. The molecule has 0 spiro atoms. The Hall–Kier alpha value is -4.28. The van der Waals surface area contributed by atoms with Gasteiger partial charge in [0, 0.05) is 42.7 Å². The first-order valence-electron chi connectivity index (χ1n) is 14.3. The molecule has 16 heteroatoms. The maximum absolute atomic E-state index is 13.4. The van der Waals surface area contributed by atoms with Gasteiger partial charge in [0.1, 0.15) is 17.7 Å². The van der Waals surface area contributed by atoms with Crippen LogP contribution in [0.1, 0.15) is 52.8 Å². The van der Waals surface area contributed by atoms with Crippen LogP contribution in [0.4, 0.5) is 4.79 Å². The van der Waals surface area contributed by atoms with Crippen LogP contribution >= 0.6 is 11.8 Å². The molecule has 3 amide bonds. The Kier molecular flexibility index (Phi) is 8.75. The van der Waals surface area contributed by atoms with Crippen molar-refractivity contribution in [1.82, 2.24) is 15.1 Å². The molecule has 0 radical (unpaired) electrons. The van der Waals surface area contributed by atoms with E-state index < -0.39 is 76.8 Å². The standard InChI is InChI=1S/C29H32N4O11S/c1-43-29(31-22(36)18(30)9-10-28(26(40)41)20(34)16-7-3-4-8-17(16)21(28)35)24(39)33-19(23(37)38)15(14-45-25(29)33)13-44-27(42)32-11-5-2-6-12-32/h3-4,7-8,18,25H,2,5-6,9-14,30H2,1H3,(H,31,36)(H,37,38)(H,40,41)/t18?,25-,29-/m0/s1. The molecule has 0 saturated carbocycles. The monoisotopic (exact) mass is 644 g/mol. The summed E-state index contributed by atoms with van der Waals surface area (Å²) in [6, 6.07) is 4.25. The number of rotatable bonds is 10. The third kappa shape index (κ3) is 5.15. The van der Waals surface area contributed by atoms with E-state index in [4.69, 9.17) is 15.2 Å². The molecule has 3 heterocycles. The van der Waals surface area contributed by atoms with Gasteiger partial charge in [-0.2, -0.15) is 0 Å². The number of piperidine rings is 1. The van der Waals surface area contributed by atoms with E-state index in [1.54, 1.807) is 4.90 Å². The number of ether oxygens (including phenoxy) is 2. The zero-order valence-corrected chi connectivity index (χ0v) is 25.1. The van der Waals surface area contributed by atoms with Gasteiger partial charge in [-0.3, -0.25) is 28.9 Å². The van der Waals surface area contributed by atoms with Gasteiger partial charge in [-0.25, -0.2) is 9.59 Å². The topological polar surface area (TPSA) is 223 Å². The van der Waals surface area contributed by atoms with E-state index >= 15 is 0 Å². The van der Waals surface area contributed by atoms with Gasteiger partial charge < -0.3 is 35.6 Å². The quantitative estimate of drug-likeness (QED) is 0.156. The summed E-state index contributed by atoms with van der Waals surface area (Å²) in [5, 5.41) is 21.3. The molecule has 5 N–H and O–H groups in total. The van der Waals surface area contributed by atoms with Crippen LogP contribution in [0.25, 0.3) is 0 Å². The van der Waals surface area contributed by atoms with Crippen molar-refractivity contribution >= 4 is 53.2 Å². The van der Waals surface area contributed by atoms with E-state index in [9.17, 15) is 43.8 Å². The third-order valence-electron chi connectivity index (χ3n) is 8.65. The van der Waals surface area contributed by atoms with E-state index in [0.29, 0.717) is 13.1 Å². The summed E-state index contributed by atoms with van der Waals surface area (Å²) in [4.78, 5) is 92.2. The minimum absolute atomic E-state index is 0.0290. The van der Waals surface area contributed by atoms with Crippen LogP contribution in [0.3, 0.4) is 0 Å². The zero-order valence-electron chi connectivity index (χ0n) is 24.3. The number of amides is 3. The highest BCUT2D eigenvalue weighted by molar-refractivity contribution is 8.00. The molecule has 2 saturated heterocycles. The summed E-state index contributed by atoms with van der Waals surface area (Å²) >= 11 is 1.08. The minimum atomic E-state index is -2.45. The lowest BCUT2D eigenvalue weighted by molar-refractivity contribution is -0.192. The number of hydrogen-bond donors (Lipinski definition) is 4. The second-order valence-electron chi connectivity index (χ2n) is 11.2. The lowest BCUT2D eigenvalue weighted by atomic mass is 9.77. The van der Waals surface area contributed by atoms with Crippen molar-refractivity contribution in [2.24, 2.45) is 11.1 Å². The summed E-state index contributed by atoms with van der Waals surface area (Å²) in [5.41, 5.74) is 1.36. The maximum Gasteiger partial charge on any atom is 0.410 e. The van der Waals surface area contributed by atoms with Gasteiger partial charge in [0.2, 0.25) is 5.91 Å². The Morgan fingerprint density at radius 2 is 1.69 bits per heavy atom. The third-order valence-corrected chi connectivity index (χ3v) is 10.0. The zero-order chi connectivity index (χ0) is 32.7. The predicted octanol–water partition coefficient (Wildman–Crippen LogP) is 0.579. The molecule has 0 bridgehead atoms. The molecular formula is C29H32N4O11S. The molecule has 45 heavy (non-hydrogen) atoms. The number of carboxylic acid groups (broad SMARTS) is 2. The van der Waals surface area contributed by atoms with Gasteiger partial charge in [0.05, 0.1) is 6.04 Å². The smallest absolute Gasteiger partial charge is 0.410 e. The second kappa shape index (κ2) is 12.3. The first-order valence-corrected chi connectivity index (χ1v) is 15.3. The highest BCUT2D eigenvalue weighted by Crippen LogP contribution is 2.47. The number of carbonyl (C=O) groups is 7. The Labute approximate surface area is 261 Å². The van der Waals surface area contributed by atoms with E-state index in [-0.39, 0.29) is 34.8 Å². The second-order valence-corrected chi connectivity index (χ2v) is 12.3. The summed E-state index contributed by atoms with van der Waals surface area (Å²) in [7, 11) is 1.15. The van der Waals surface area contributed by atoms with Gasteiger partial charge >= 0.3 is 18.0 Å². The number of carbonyl (C=O) groups excluding carboxylic acids is 5. The maximum atomic E-state index is 13.4. The molecule has 1 aromatic rings. The number of nitrogens with one attached hydrogen (secondary N) is 1. The van der Waals surface area contributed by atoms with Gasteiger partial charge in [-0.15, -0.1) is 11.8 Å². The molecule has 1 aromatic carbocycles. The number of benzene rings is 1. The first kappa shape index (κ1) is 32.1. The number of hydrogen-bond acceptors (Lipinski definition) is 11. The fraction of sp³-hybridized carbons (Fsp3) is 0.483. The largest absolute Gasteiger partial charge is 0.480 e. The average molecular weight is 645 g/mol. The number of nitrogens with two attached hydrogens (primary N) is 1. The van der Waals surface area contributed by atoms with Crippen molar-refractivity contribution in [3.05, 3.63) is 46.7 Å². The van der Waals surface area contributed by atoms with Crippen molar-refractivity contribution in [2.45, 2.75) is 49.2 Å². The van der Waals surface area contributed by atoms with Gasteiger partial charge in [-0.1, -0.05) is 24.3 Å². The number of aliphatic carboxylic acids is 2. The highest BCUT2D eigenvalue weighted by atomic mass is 32.2. The van der Waals surface area contributed by atoms with Crippen molar-refractivity contribution in [1.29, 1.82) is 0 Å². The van der Waals surface area contributed by atoms with E-state index in [0.717, 1.165) is 43.0 Å². The predicted molar refractivity (Wildman–Crippen MR) is 155 cm³/mol. The summed E-state index contributed by atoms with van der Waals surface area (Å²) in [6.07, 6.45) is 1.14. The fourth-order valence-corrected chi connectivity index (χ4v) is 7.54. The molecule has 15 nitrogen and oxygen atoms in total. The molecule has 240 valence electrons. The van der Waals surface area contributed by atoms with Crippen molar-refractivity contribution in [3.63, 3.8) is 0 Å². The average Bonchev–Trinajstić information content (AvgIpc) is 3.26. The number of likely N-dealkylation sites (tertiary alicyclic amines) is 1. The fourth-order valence-electron chi connectivity index (χ4n) is 6.12. The number of ketones is 2. The molecule has 2 fully saturated rings. The van der Waals surface area contributed by atoms with E-state index in [1.807, 2.05) is 0 Å². The molecule has 1 unspecified atom stereocenters. The van der Waals surface area contributed by atoms with E-state index in [1.165, 1.54) is 24.3 Å². The number of β-lactam (4-membered cyclic amide) rings is 1. The Morgan fingerprint density at radius 1 is 1.07 bits per heavy atom. The first-order chi connectivity index (χ1) is 21.4. The van der Waals surface area contributed by atoms with Crippen molar-refractivity contribution in [2.75, 3.05) is 32.6 Å². The van der Waals surface area contributed by atoms with Crippen LogP contribution in [0.5, 0.6) is 0 Å². The van der Waals surface area contributed by atoms with Crippen molar-refractivity contribution in [3.8, 4) is 0 Å². The van der Waals surface area contributed by atoms with Crippen molar-refractivity contribution < 1.29 is 53.2 Å². The number of thioether (sulfide) groups is 1. The lowest BCUT2D eigenvalue weighted by Gasteiger charge is -2.55. The van der Waals surface area contributed by atoms with Crippen LogP contribution in [-0.2, 0) is 28.7 Å². The molecular weight excluding hydrogens is 612 g/mol. The van der Waals surface area contributed by atoms with Crippen LogP contribution in [0, 0.1) is 5.41 Å². The van der Waals surface area contributed by atoms with Crippen LogP contribution in [0.2, 0.25) is 0 Å². The van der Waals surface area contributed by atoms with Gasteiger partial charge in [-0.05, 0) is 32.1 Å². The number of methoxy groups -OCH3 is 1. The number of nitrogens with zero attached hydrogens (tertiary/aromatic N) is 2. The van der Waals surface area contributed by atoms with Crippen LogP contribution in [-0.4, -0.2) is 111 Å². The Balaban J connectivity index is 1.27. The number of fused-ring (bicyclic) bond motifs is 2. The summed E-state index contributed by atoms with van der Waals surface area (Å²) < 4.78 is 10.8. The SMILES string of the molecule is CO[C@@]1(NC(=O)C(N)CCC2(C(=O)O)C(=O)c3ccccc3C2=O)C(=O)N2C(C(=O)O)=C(COC(=O)N3CCCCC3)CS[C@H]21. The Morgan fingerprint density at radius 3 is 2.24 bits per heavy atom. The molecule has 3 atom stereocenters. The molecule has 1 aliphatic carbocycles. The molecule has 5 rings (SSSR count). The number of Topliss-reactive ketones (excluding diaryl/α,β-unsaturated/α-hetero) is 2. The summed E-state index contributed by atoms with van der Waals surface area (Å²) in [5.74, 6) is -6.69. The molecule has 0 aromatic heterocycles. The normalized spacial score (nSPS) is 24.4. The minimum Gasteiger partial charge on any atom is -0.480 e. The van der Waals surface area contributed by atoms with Crippen LogP contribution in [0.15, 0.2) is 35.5 Å². The van der Waals surface area contributed by atoms with Gasteiger partial charge in [0.25, 0.3) is 11.6 Å². The summed E-state index contributed by atoms with van der Waals surface area (Å²) in [6.45, 7) is 0.742. The highest BCUT2D eigenvalue weighted by Gasteiger charge is 2.67. The number of carboxylic acids is 2. The molecule has 4 aliphatic rings. The van der Waals surface area contributed by atoms with E-state index in [2.05, 4.69) is 5.32 Å². The Bertz CT molecular complexity index is 1490. The van der Waals surface area contributed by atoms with Gasteiger partial charge in [0.15, 0.2) is 17.0 Å².